The fourth-order valence-corrected chi connectivity index (χ4v) is 3.21. The zero-order chi connectivity index (χ0) is 11.5. The first-order chi connectivity index (χ1) is 6.85. The van der Waals surface area contributed by atoms with Crippen LogP contribution in [0.5, 0.6) is 0 Å². The van der Waals surface area contributed by atoms with Gasteiger partial charge in [-0.15, -0.1) is 0 Å². The van der Waals surface area contributed by atoms with E-state index >= 15 is 0 Å². The lowest BCUT2D eigenvalue weighted by Crippen LogP contribution is -2.37. The first-order valence-electron chi connectivity index (χ1n) is 5.38. The van der Waals surface area contributed by atoms with Crippen molar-refractivity contribution in [2.45, 2.75) is 20.3 Å². The van der Waals surface area contributed by atoms with Gasteiger partial charge >= 0.3 is 0 Å². The van der Waals surface area contributed by atoms with Crippen LogP contribution < -0.4 is 0 Å². The van der Waals surface area contributed by atoms with E-state index in [-0.39, 0.29) is 5.41 Å². The topological polar surface area (TPSA) is 37.4 Å². The van der Waals surface area contributed by atoms with Crippen molar-refractivity contribution < 1.29 is 8.42 Å². The highest BCUT2D eigenvalue weighted by molar-refractivity contribution is 7.91. The summed E-state index contributed by atoms with van der Waals surface area (Å²) in [6.07, 6.45) is 0.769. The van der Waals surface area contributed by atoms with Gasteiger partial charge < -0.3 is 4.90 Å². The number of nitrogens with zero attached hydrogens (tertiary/aromatic N) is 1. The van der Waals surface area contributed by atoms with Gasteiger partial charge in [-0.1, -0.05) is 13.8 Å². The van der Waals surface area contributed by atoms with Crippen molar-refractivity contribution in [3.05, 3.63) is 0 Å². The molecule has 90 valence electrons. The lowest BCUT2D eigenvalue weighted by atomic mass is 9.95. The standard InChI is InChI=1S/C10H21NO2S2/c1-10(2,9-14)8-11-4-3-6-15(12,13)7-5-11/h14H,3-9H2,1-2H3. The summed E-state index contributed by atoms with van der Waals surface area (Å²) in [6, 6.07) is 0. The second kappa shape index (κ2) is 5.06. The van der Waals surface area contributed by atoms with Gasteiger partial charge in [-0.3, -0.25) is 0 Å². The van der Waals surface area contributed by atoms with Gasteiger partial charge in [-0.25, -0.2) is 8.42 Å². The Labute approximate surface area is 98.6 Å². The van der Waals surface area contributed by atoms with E-state index in [1.165, 1.54) is 0 Å². The fraction of sp³-hybridized carbons (Fsp3) is 1.00. The molecule has 0 aliphatic carbocycles. The quantitative estimate of drug-likeness (QED) is 0.762. The molecule has 0 aromatic rings. The second-order valence-corrected chi connectivity index (χ2v) is 7.72. The summed E-state index contributed by atoms with van der Waals surface area (Å²) in [4.78, 5) is 2.25. The number of hydrogen-bond acceptors (Lipinski definition) is 4. The molecule has 3 nitrogen and oxygen atoms in total. The third-order valence-electron chi connectivity index (χ3n) is 2.73. The van der Waals surface area contributed by atoms with Gasteiger partial charge in [-0.05, 0) is 24.1 Å². The van der Waals surface area contributed by atoms with Crippen molar-refractivity contribution in [3.63, 3.8) is 0 Å². The molecular weight excluding hydrogens is 230 g/mol. The first kappa shape index (κ1) is 13.3. The van der Waals surface area contributed by atoms with E-state index in [1.807, 2.05) is 0 Å². The SMILES string of the molecule is CC(C)(CS)CN1CCCS(=O)(=O)CC1. The van der Waals surface area contributed by atoms with Crippen molar-refractivity contribution in [1.82, 2.24) is 4.90 Å². The van der Waals surface area contributed by atoms with E-state index in [0.29, 0.717) is 18.1 Å². The van der Waals surface area contributed by atoms with Crippen LogP contribution in [0.2, 0.25) is 0 Å². The summed E-state index contributed by atoms with van der Waals surface area (Å²) in [5.74, 6) is 1.50. The van der Waals surface area contributed by atoms with Crippen molar-refractivity contribution in [2.75, 3.05) is 36.9 Å². The summed E-state index contributed by atoms with van der Waals surface area (Å²) in [6.45, 7) is 6.85. The van der Waals surface area contributed by atoms with Gasteiger partial charge in [0.25, 0.3) is 0 Å². The zero-order valence-corrected chi connectivity index (χ0v) is 11.3. The molecule has 0 aromatic heterocycles. The van der Waals surface area contributed by atoms with Crippen molar-refractivity contribution >= 4 is 22.5 Å². The van der Waals surface area contributed by atoms with E-state index in [0.717, 1.165) is 25.3 Å². The largest absolute Gasteiger partial charge is 0.302 e. The Morgan fingerprint density at radius 1 is 1.27 bits per heavy atom. The minimum atomic E-state index is -2.78. The maximum Gasteiger partial charge on any atom is 0.151 e. The minimum absolute atomic E-state index is 0.164. The van der Waals surface area contributed by atoms with E-state index in [1.54, 1.807) is 0 Å². The van der Waals surface area contributed by atoms with Crippen LogP contribution in [0, 0.1) is 5.41 Å². The summed E-state index contributed by atoms with van der Waals surface area (Å²) >= 11 is 4.32. The van der Waals surface area contributed by atoms with Gasteiger partial charge in [-0.2, -0.15) is 12.6 Å². The molecule has 0 N–H and O–H groups in total. The van der Waals surface area contributed by atoms with Crippen LogP contribution in [-0.4, -0.2) is 50.2 Å². The lowest BCUT2D eigenvalue weighted by molar-refractivity contribution is 0.207. The maximum absolute atomic E-state index is 11.4. The Bertz CT molecular complexity index is 299. The second-order valence-electron chi connectivity index (χ2n) is 5.10. The normalized spacial score (nSPS) is 23.7. The predicted octanol–water partition coefficient (Wildman–Crippen LogP) is 1.06. The van der Waals surface area contributed by atoms with Crippen molar-refractivity contribution in [1.29, 1.82) is 0 Å². The van der Waals surface area contributed by atoms with Crippen LogP contribution in [-0.2, 0) is 9.84 Å². The van der Waals surface area contributed by atoms with Gasteiger partial charge in [0.15, 0.2) is 9.84 Å². The Balaban J connectivity index is 2.52. The van der Waals surface area contributed by atoms with Crippen LogP contribution in [0.4, 0.5) is 0 Å². The molecule has 1 heterocycles. The third-order valence-corrected chi connectivity index (χ3v) is 5.30. The van der Waals surface area contributed by atoms with Crippen LogP contribution in [0.1, 0.15) is 20.3 Å². The van der Waals surface area contributed by atoms with E-state index in [9.17, 15) is 8.42 Å². The predicted molar refractivity (Wildman–Crippen MR) is 67.3 cm³/mol. The number of hydrogen-bond donors (Lipinski definition) is 1. The lowest BCUT2D eigenvalue weighted by Gasteiger charge is -2.30. The Kier molecular flexibility index (Phi) is 4.50. The number of rotatable bonds is 3. The summed E-state index contributed by atoms with van der Waals surface area (Å²) in [7, 11) is -2.78. The van der Waals surface area contributed by atoms with Gasteiger partial charge in [0.1, 0.15) is 0 Å². The van der Waals surface area contributed by atoms with Gasteiger partial charge in [0.05, 0.1) is 11.5 Å². The molecule has 1 fully saturated rings. The fourth-order valence-electron chi connectivity index (χ4n) is 1.80. The molecule has 0 aromatic carbocycles. The molecule has 0 radical (unpaired) electrons. The van der Waals surface area contributed by atoms with Crippen LogP contribution >= 0.6 is 12.6 Å². The highest BCUT2D eigenvalue weighted by Crippen LogP contribution is 2.19. The highest BCUT2D eigenvalue weighted by atomic mass is 32.2. The van der Waals surface area contributed by atoms with Gasteiger partial charge in [0.2, 0.25) is 0 Å². The molecule has 0 amide bonds. The van der Waals surface area contributed by atoms with E-state index in [2.05, 4.69) is 31.4 Å². The highest BCUT2D eigenvalue weighted by Gasteiger charge is 2.24. The molecule has 1 aliphatic heterocycles. The molecule has 1 rings (SSSR count). The zero-order valence-electron chi connectivity index (χ0n) is 9.57. The maximum atomic E-state index is 11.4. The van der Waals surface area contributed by atoms with Crippen LogP contribution in [0.3, 0.4) is 0 Å². The molecule has 0 atom stereocenters. The third kappa shape index (κ3) is 4.74. The van der Waals surface area contributed by atoms with Crippen LogP contribution in [0.25, 0.3) is 0 Å². The smallest absolute Gasteiger partial charge is 0.151 e. The molecule has 0 spiro atoms. The Morgan fingerprint density at radius 3 is 2.53 bits per heavy atom. The minimum Gasteiger partial charge on any atom is -0.302 e. The molecule has 0 bridgehead atoms. The number of thiol groups is 1. The van der Waals surface area contributed by atoms with E-state index < -0.39 is 9.84 Å². The first-order valence-corrected chi connectivity index (χ1v) is 7.84. The Hall–Kier alpha value is 0.260. The molecule has 1 aliphatic rings. The molecular formula is C10H21NO2S2. The summed E-state index contributed by atoms with van der Waals surface area (Å²) in [5, 5.41) is 0. The van der Waals surface area contributed by atoms with E-state index in [4.69, 9.17) is 0 Å². The number of sulfone groups is 1. The summed E-state index contributed by atoms with van der Waals surface area (Å²) < 4.78 is 22.8. The molecule has 1 saturated heterocycles. The van der Waals surface area contributed by atoms with Crippen molar-refractivity contribution in [3.8, 4) is 0 Å². The Morgan fingerprint density at radius 2 is 1.93 bits per heavy atom. The average molecular weight is 251 g/mol. The monoisotopic (exact) mass is 251 g/mol. The van der Waals surface area contributed by atoms with Crippen molar-refractivity contribution in [2.24, 2.45) is 5.41 Å². The molecule has 0 unspecified atom stereocenters. The molecule has 0 saturated carbocycles. The van der Waals surface area contributed by atoms with Gasteiger partial charge in [0, 0.05) is 13.1 Å². The molecule has 15 heavy (non-hydrogen) atoms. The average Bonchev–Trinajstić information content (AvgIpc) is 2.28. The summed E-state index contributed by atoms with van der Waals surface area (Å²) in [5.41, 5.74) is 0.164. The molecule has 5 heteroatoms. The van der Waals surface area contributed by atoms with Crippen LogP contribution in [0.15, 0.2) is 0 Å².